The molecule has 3 heterocycles. The van der Waals surface area contributed by atoms with Crippen LogP contribution >= 0.6 is 0 Å². The average Bonchev–Trinajstić information content (AvgIpc) is 3.88. The maximum atomic E-state index is 6.77. The molecule has 58 heavy (non-hydrogen) atoms. The van der Waals surface area contributed by atoms with Crippen molar-refractivity contribution in [2.45, 2.75) is 0 Å². The number of nitrogens with zero attached hydrogens (tertiary/aromatic N) is 3. The van der Waals surface area contributed by atoms with Gasteiger partial charge in [-0.25, -0.2) is 15.0 Å². The molecule has 5 nitrogen and oxygen atoms in total. The summed E-state index contributed by atoms with van der Waals surface area (Å²) in [5, 5.41) is 8.51. The van der Waals surface area contributed by atoms with Gasteiger partial charge in [0.1, 0.15) is 22.3 Å². The van der Waals surface area contributed by atoms with E-state index in [0.29, 0.717) is 17.5 Å². The molecule has 0 amide bonds. The molecule has 0 spiro atoms. The van der Waals surface area contributed by atoms with Gasteiger partial charge in [0.25, 0.3) is 0 Å². The molecule has 0 unspecified atom stereocenters. The van der Waals surface area contributed by atoms with Crippen LogP contribution in [-0.4, -0.2) is 15.0 Å². The maximum absolute atomic E-state index is 6.77. The van der Waals surface area contributed by atoms with Crippen LogP contribution in [0, 0.1) is 0 Å². The van der Waals surface area contributed by atoms with E-state index in [0.717, 1.165) is 93.2 Å². The van der Waals surface area contributed by atoms with Gasteiger partial charge in [-0.2, -0.15) is 0 Å². The summed E-state index contributed by atoms with van der Waals surface area (Å²) in [5.41, 5.74) is 10.5. The zero-order valence-corrected chi connectivity index (χ0v) is 31.1. The third-order valence-electron chi connectivity index (χ3n) is 11.3. The fourth-order valence-electron chi connectivity index (χ4n) is 8.61. The number of furan rings is 2. The van der Waals surface area contributed by atoms with Crippen LogP contribution in [0.4, 0.5) is 0 Å². The highest BCUT2D eigenvalue weighted by Crippen LogP contribution is 2.44. The predicted octanol–water partition coefficient (Wildman–Crippen LogP) is 14.3. The zero-order chi connectivity index (χ0) is 38.2. The second-order valence-electron chi connectivity index (χ2n) is 14.7. The molecular weight excluding hydrogens is 711 g/mol. The van der Waals surface area contributed by atoms with Gasteiger partial charge in [-0.05, 0) is 74.1 Å². The van der Waals surface area contributed by atoms with Crippen LogP contribution in [0.25, 0.3) is 122 Å². The standard InChI is InChI=1S/C53H31N3O2/c1-2-12-32(13-3-1)34-24-27-35(28-25-34)43-31-47-49(39-17-7-6-16-38(39)43)50-42(20-11-23-46(50)58-47)53-55-51(37-29-26-33-14-4-5-15-36(33)30-37)54-52(56-53)41-19-10-22-45-48(41)40-18-8-9-21-44(40)57-45/h1-31H. The second-order valence-corrected chi connectivity index (χ2v) is 14.7. The molecule has 0 bridgehead atoms. The minimum absolute atomic E-state index is 0.566. The lowest BCUT2D eigenvalue weighted by atomic mass is 9.93. The van der Waals surface area contributed by atoms with Crippen molar-refractivity contribution in [3.05, 3.63) is 188 Å². The zero-order valence-electron chi connectivity index (χ0n) is 31.1. The Balaban J connectivity index is 1.10. The van der Waals surface area contributed by atoms with Gasteiger partial charge in [0.15, 0.2) is 17.5 Å². The molecule has 0 saturated heterocycles. The molecule has 3 aromatic heterocycles. The molecule has 0 N–H and O–H groups in total. The predicted molar refractivity (Wildman–Crippen MR) is 237 cm³/mol. The van der Waals surface area contributed by atoms with Crippen molar-refractivity contribution >= 4 is 65.4 Å². The normalized spacial score (nSPS) is 11.8. The molecule has 9 aromatic carbocycles. The van der Waals surface area contributed by atoms with Gasteiger partial charge in [0.2, 0.25) is 0 Å². The van der Waals surface area contributed by atoms with E-state index in [2.05, 4.69) is 140 Å². The van der Waals surface area contributed by atoms with E-state index < -0.39 is 0 Å². The summed E-state index contributed by atoms with van der Waals surface area (Å²) in [6, 6.07) is 65.1. The summed E-state index contributed by atoms with van der Waals surface area (Å²) >= 11 is 0. The van der Waals surface area contributed by atoms with Gasteiger partial charge in [-0.3, -0.25) is 0 Å². The quantitative estimate of drug-likeness (QED) is 0.176. The van der Waals surface area contributed by atoms with Crippen LogP contribution in [0.1, 0.15) is 0 Å². The van der Waals surface area contributed by atoms with E-state index in [4.69, 9.17) is 23.8 Å². The Labute approximate surface area is 332 Å². The Hall–Kier alpha value is -7.89. The Kier molecular flexibility index (Phi) is 7.16. The van der Waals surface area contributed by atoms with E-state index in [1.807, 2.05) is 48.5 Å². The fourth-order valence-corrected chi connectivity index (χ4v) is 8.61. The van der Waals surface area contributed by atoms with Crippen molar-refractivity contribution in [3.8, 4) is 56.4 Å². The lowest BCUT2D eigenvalue weighted by molar-refractivity contribution is 0.669. The molecule has 12 aromatic rings. The number of hydrogen-bond acceptors (Lipinski definition) is 5. The Morgan fingerprint density at radius 1 is 0.276 bits per heavy atom. The van der Waals surface area contributed by atoms with Crippen molar-refractivity contribution < 1.29 is 8.83 Å². The molecule has 0 fully saturated rings. The van der Waals surface area contributed by atoms with Gasteiger partial charge in [-0.1, -0.05) is 158 Å². The first-order valence-corrected chi connectivity index (χ1v) is 19.4. The highest BCUT2D eigenvalue weighted by Gasteiger charge is 2.22. The van der Waals surface area contributed by atoms with Crippen LogP contribution in [0.15, 0.2) is 197 Å². The van der Waals surface area contributed by atoms with Gasteiger partial charge in [0.05, 0.1) is 0 Å². The number of hydrogen-bond donors (Lipinski definition) is 0. The van der Waals surface area contributed by atoms with Gasteiger partial charge in [0, 0.05) is 38.2 Å². The van der Waals surface area contributed by atoms with Crippen molar-refractivity contribution in [2.24, 2.45) is 0 Å². The monoisotopic (exact) mass is 741 g/mol. The summed E-state index contributed by atoms with van der Waals surface area (Å²) in [4.78, 5) is 15.8. The van der Waals surface area contributed by atoms with E-state index in [9.17, 15) is 0 Å². The van der Waals surface area contributed by atoms with E-state index >= 15 is 0 Å². The minimum Gasteiger partial charge on any atom is -0.456 e. The number of aromatic nitrogens is 3. The van der Waals surface area contributed by atoms with Crippen LogP contribution < -0.4 is 0 Å². The molecule has 0 atom stereocenters. The van der Waals surface area contributed by atoms with Gasteiger partial charge >= 0.3 is 0 Å². The first-order chi connectivity index (χ1) is 28.7. The first-order valence-electron chi connectivity index (χ1n) is 19.4. The van der Waals surface area contributed by atoms with Gasteiger partial charge in [-0.15, -0.1) is 0 Å². The molecular formula is C53H31N3O2. The Morgan fingerprint density at radius 3 is 1.62 bits per heavy atom. The lowest BCUT2D eigenvalue weighted by Gasteiger charge is -2.12. The highest BCUT2D eigenvalue weighted by atomic mass is 16.3. The van der Waals surface area contributed by atoms with Crippen molar-refractivity contribution in [1.29, 1.82) is 0 Å². The average molecular weight is 742 g/mol. The number of benzene rings is 9. The number of rotatable bonds is 5. The lowest BCUT2D eigenvalue weighted by Crippen LogP contribution is -2.00. The molecule has 0 aliphatic heterocycles. The molecule has 12 rings (SSSR count). The molecule has 5 heteroatoms. The summed E-state index contributed by atoms with van der Waals surface area (Å²) in [6.45, 7) is 0. The van der Waals surface area contributed by atoms with E-state index in [-0.39, 0.29) is 0 Å². The summed E-state index contributed by atoms with van der Waals surface area (Å²) in [6.07, 6.45) is 0. The van der Waals surface area contributed by atoms with Gasteiger partial charge < -0.3 is 8.83 Å². The molecule has 0 saturated carbocycles. The third kappa shape index (κ3) is 5.14. The van der Waals surface area contributed by atoms with Crippen LogP contribution in [0.2, 0.25) is 0 Å². The summed E-state index contributed by atoms with van der Waals surface area (Å²) < 4.78 is 13.1. The Bertz CT molecular complexity index is 3570. The van der Waals surface area contributed by atoms with Crippen molar-refractivity contribution in [2.75, 3.05) is 0 Å². The van der Waals surface area contributed by atoms with Crippen LogP contribution in [0.3, 0.4) is 0 Å². The summed E-state index contributed by atoms with van der Waals surface area (Å²) in [5.74, 6) is 1.73. The molecule has 270 valence electrons. The van der Waals surface area contributed by atoms with Crippen molar-refractivity contribution in [1.82, 2.24) is 15.0 Å². The van der Waals surface area contributed by atoms with E-state index in [1.54, 1.807) is 0 Å². The Morgan fingerprint density at radius 2 is 0.828 bits per heavy atom. The van der Waals surface area contributed by atoms with Crippen LogP contribution in [0.5, 0.6) is 0 Å². The summed E-state index contributed by atoms with van der Waals surface area (Å²) in [7, 11) is 0. The largest absolute Gasteiger partial charge is 0.456 e. The maximum Gasteiger partial charge on any atom is 0.164 e. The fraction of sp³-hybridized carbons (Fsp3) is 0. The van der Waals surface area contributed by atoms with E-state index in [1.165, 1.54) is 11.1 Å². The smallest absolute Gasteiger partial charge is 0.164 e. The van der Waals surface area contributed by atoms with Crippen LogP contribution in [-0.2, 0) is 0 Å². The second kappa shape index (κ2) is 12.8. The SMILES string of the molecule is c1ccc(-c2ccc(-c3cc4oc5cccc(-c6nc(-c7ccc8ccccc8c7)nc(-c7cccc8oc9ccccc9c78)n6)c5c4c4ccccc34)cc2)cc1. The molecule has 0 aliphatic rings. The molecule has 0 aliphatic carbocycles. The number of para-hydroxylation sites is 1. The highest BCUT2D eigenvalue weighted by molar-refractivity contribution is 6.25. The minimum atomic E-state index is 0.566. The van der Waals surface area contributed by atoms with Crippen molar-refractivity contribution in [3.63, 3.8) is 0 Å². The third-order valence-corrected chi connectivity index (χ3v) is 11.3. The molecule has 0 radical (unpaired) electrons. The first kappa shape index (κ1) is 32.4. The topological polar surface area (TPSA) is 65.0 Å². The number of fused-ring (bicyclic) bond motifs is 9.